The highest BCUT2D eigenvalue weighted by Crippen LogP contribution is 2.28. The van der Waals surface area contributed by atoms with E-state index in [0.29, 0.717) is 12.0 Å². The highest BCUT2D eigenvalue weighted by molar-refractivity contribution is 7.99. The summed E-state index contributed by atoms with van der Waals surface area (Å²) in [6, 6.07) is 15.1. The van der Waals surface area contributed by atoms with Crippen molar-refractivity contribution in [1.82, 2.24) is 0 Å². The van der Waals surface area contributed by atoms with Crippen LogP contribution in [0.2, 0.25) is 0 Å². The molecule has 2 amide bonds. The molecule has 1 atom stereocenters. The molecule has 1 unspecified atom stereocenters. The van der Waals surface area contributed by atoms with Gasteiger partial charge in [-0.25, -0.2) is 0 Å². The molecule has 0 aliphatic carbocycles. The Bertz CT molecular complexity index is 847. The first-order chi connectivity index (χ1) is 13.7. The monoisotopic (exact) mass is 396 g/mol. The molecule has 4 rings (SSSR count). The first-order valence-electron chi connectivity index (χ1n) is 9.76. The summed E-state index contributed by atoms with van der Waals surface area (Å²) in [4.78, 5) is 27.4. The van der Waals surface area contributed by atoms with Crippen LogP contribution in [0.5, 0.6) is 0 Å². The molecule has 0 saturated carbocycles. The summed E-state index contributed by atoms with van der Waals surface area (Å²) in [5.74, 6) is 0.900. The molecule has 28 heavy (non-hydrogen) atoms. The minimum Gasteiger partial charge on any atom is -0.377 e. The molecule has 1 N–H and O–H groups in total. The maximum absolute atomic E-state index is 12.8. The van der Waals surface area contributed by atoms with Crippen LogP contribution in [0, 0.1) is 0 Å². The number of anilines is 2. The SMILES string of the molecule is O=C(Nc1ccc(N2CCCC2=O)cc1)c1ccccc1SCC1CCCO1. The molecule has 2 aliphatic heterocycles. The third-order valence-corrected chi connectivity index (χ3v) is 6.30. The number of ether oxygens (including phenoxy) is 1. The fourth-order valence-electron chi connectivity index (χ4n) is 3.58. The minimum atomic E-state index is -0.125. The van der Waals surface area contributed by atoms with E-state index in [9.17, 15) is 9.59 Å². The lowest BCUT2D eigenvalue weighted by atomic mass is 10.2. The minimum absolute atomic E-state index is 0.125. The van der Waals surface area contributed by atoms with E-state index < -0.39 is 0 Å². The Hall–Kier alpha value is -2.31. The van der Waals surface area contributed by atoms with Crippen LogP contribution in [0.4, 0.5) is 11.4 Å². The van der Waals surface area contributed by atoms with Gasteiger partial charge in [0.05, 0.1) is 11.7 Å². The Morgan fingerprint density at radius 1 is 1.14 bits per heavy atom. The van der Waals surface area contributed by atoms with Crippen molar-refractivity contribution in [2.45, 2.75) is 36.7 Å². The lowest BCUT2D eigenvalue weighted by molar-refractivity contribution is -0.117. The summed E-state index contributed by atoms with van der Waals surface area (Å²) in [6.07, 6.45) is 4.00. The number of hydrogen-bond acceptors (Lipinski definition) is 4. The van der Waals surface area contributed by atoms with E-state index in [1.807, 2.05) is 48.5 Å². The quantitative estimate of drug-likeness (QED) is 0.738. The highest BCUT2D eigenvalue weighted by Gasteiger charge is 2.22. The molecule has 0 bridgehead atoms. The number of nitrogens with one attached hydrogen (secondary N) is 1. The van der Waals surface area contributed by atoms with Crippen molar-refractivity contribution < 1.29 is 14.3 Å². The van der Waals surface area contributed by atoms with Gasteiger partial charge in [0.15, 0.2) is 0 Å². The lowest BCUT2D eigenvalue weighted by Crippen LogP contribution is -2.23. The van der Waals surface area contributed by atoms with Gasteiger partial charge in [-0.1, -0.05) is 12.1 Å². The normalized spacial score (nSPS) is 19.2. The Balaban J connectivity index is 1.41. The fraction of sp³-hybridized carbons (Fsp3) is 0.364. The molecular weight excluding hydrogens is 372 g/mol. The number of thioether (sulfide) groups is 1. The molecule has 0 aromatic heterocycles. The molecule has 146 valence electrons. The Morgan fingerprint density at radius 3 is 2.68 bits per heavy atom. The molecule has 2 saturated heterocycles. The lowest BCUT2D eigenvalue weighted by Gasteiger charge is -2.16. The second kappa shape index (κ2) is 8.80. The maximum Gasteiger partial charge on any atom is 0.256 e. The van der Waals surface area contributed by atoms with Gasteiger partial charge in [0.1, 0.15) is 0 Å². The van der Waals surface area contributed by atoms with Crippen molar-refractivity contribution in [3.05, 3.63) is 54.1 Å². The molecule has 2 aliphatic rings. The predicted molar refractivity (Wildman–Crippen MR) is 112 cm³/mol. The summed E-state index contributed by atoms with van der Waals surface area (Å²) >= 11 is 1.67. The summed E-state index contributed by atoms with van der Waals surface area (Å²) in [5, 5.41) is 2.97. The Morgan fingerprint density at radius 2 is 1.96 bits per heavy atom. The van der Waals surface area contributed by atoms with Crippen molar-refractivity contribution in [3.63, 3.8) is 0 Å². The van der Waals surface area contributed by atoms with Gasteiger partial charge in [-0.3, -0.25) is 9.59 Å². The van der Waals surface area contributed by atoms with Crippen LogP contribution in [0.1, 0.15) is 36.0 Å². The van der Waals surface area contributed by atoms with Crippen molar-refractivity contribution in [3.8, 4) is 0 Å². The fourth-order valence-corrected chi connectivity index (χ4v) is 4.70. The smallest absolute Gasteiger partial charge is 0.256 e. The first-order valence-corrected chi connectivity index (χ1v) is 10.7. The van der Waals surface area contributed by atoms with E-state index in [1.54, 1.807) is 16.7 Å². The van der Waals surface area contributed by atoms with Gasteiger partial charge in [-0.05, 0) is 55.7 Å². The van der Waals surface area contributed by atoms with Crippen LogP contribution in [0.15, 0.2) is 53.4 Å². The van der Waals surface area contributed by atoms with Gasteiger partial charge in [0, 0.05) is 41.6 Å². The summed E-state index contributed by atoms with van der Waals surface area (Å²) in [6.45, 7) is 1.60. The van der Waals surface area contributed by atoms with Gasteiger partial charge in [0.25, 0.3) is 5.91 Å². The third kappa shape index (κ3) is 4.39. The zero-order chi connectivity index (χ0) is 19.3. The number of amides is 2. The molecule has 2 aromatic rings. The van der Waals surface area contributed by atoms with E-state index in [-0.39, 0.29) is 17.9 Å². The average Bonchev–Trinajstić information content (AvgIpc) is 3.39. The topological polar surface area (TPSA) is 58.6 Å². The third-order valence-electron chi connectivity index (χ3n) is 5.09. The van der Waals surface area contributed by atoms with Crippen LogP contribution < -0.4 is 10.2 Å². The molecule has 5 nitrogen and oxygen atoms in total. The second-order valence-corrected chi connectivity index (χ2v) is 8.15. The van der Waals surface area contributed by atoms with Crippen molar-refractivity contribution in [2.75, 3.05) is 29.1 Å². The first kappa shape index (κ1) is 19.0. The number of rotatable bonds is 6. The van der Waals surface area contributed by atoms with E-state index in [0.717, 1.165) is 54.4 Å². The van der Waals surface area contributed by atoms with Crippen LogP contribution in [0.25, 0.3) is 0 Å². The molecule has 2 heterocycles. The number of hydrogen-bond donors (Lipinski definition) is 1. The summed E-state index contributed by atoms with van der Waals surface area (Å²) < 4.78 is 5.68. The van der Waals surface area contributed by atoms with Gasteiger partial charge in [-0.2, -0.15) is 0 Å². The summed E-state index contributed by atoms with van der Waals surface area (Å²) in [7, 11) is 0. The number of carbonyl (C=O) groups excluding carboxylic acids is 2. The largest absolute Gasteiger partial charge is 0.377 e. The summed E-state index contributed by atoms with van der Waals surface area (Å²) in [5.41, 5.74) is 2.27. The second-order valence-electron chi connectivity index (χ2n) is 7.09. The van der Waals surface area contributed by atoms with Crippen molar-refractivity contribution in [1.29, 1.82) is 0 Å². The van der Waals surface area contributed by atoms with Gasteiger partial charge in [-0.15, -0.1) is 11.8 Å². The van der Waals surface area contributed by atoms with Crippen LogP contribution in [0.3, 0.4) is 0 Å². The standard InChI is InChI=1S/C22H24N2O3S/c25-21-8-3-13-24(21)17-11-9-16(10-12-17)23-22(26)19-6-1-2-7-20(19)28-15-18-5-4-14-27-18/h1-2,6-7,9-12,18H,3-5,8,13-15H2,(H,23,26). The molecule has 0 spiro atoms. The van der Waals surface area contributed by atoms with Gasteiger partial charge in [0.2, 0.25) is 5.91 Å². The van der Waals surface area contributed by atoms with E-state index in [2.05, 4.69) is 5.32 Å². The number of carbonyl (C=O) groups is 2. The zero-order valence-electron chi connectivity index (χ0n) is 15.7. The molecular formula is C22H24N2O3S. The number of nitrogens with zero attached hydrogens (tertiary/aromatic N) is 1. The Labute approximate surface area is 169 Å². The maximum atomic E-state index is 12.8. The highest BCUT2D eigenvalue weighted by atomic mass is 32.2. The number of benzene rings is 2. The van der Waals surface area contributed by atoms with Crippen LogP contribution in [-0.4, -0.2) is 36.8 Å². The zero-order valence-corrected chi connectivity index (χ0v) is 16.5. The van der Waals surface area contributed by atoms with Crippen LogP contribution >= 0.6 is 11.8 Å². The molecule has 6 heteroatoms. The predicted octanol–water partition coefficient (Wildman–Crippen LogP) is 4.34. The average molecular weight is 397 g/mol. The molecule has 0 radical (unpaired) electrons. The van der Waals surface area contributed by atoms with Gasteiger partial charge >= 0.3 is 0 Å². The van der Waals surface area contributed by atoms with Crippen molar-refractivity contribution >= 4 is 35.0 Å². The molecule has 2 aromatic carbocycles. The van der Waals surface area contributed by atoms with Crippen molar-refractivity contribution in [2.24, 2.45) is 0 Å². The van der Waals surface area contributed by atoms with E-state index in [4.69, 9.17) is 4.74 Å². The van der Waals surface area contributed by atoms with Gasteiger partial charge < -0.3 is 15.0 Å². The Kier molecular flexibility index (Phi) is 5.98. The van der Waals surface area contributed by atoms with E-state index in [1.165, 1.54) is 0 Å². The van der Waals surface area contributed by atoms with E-state index >= 15 is 0 Å². The van der Waals surface area contributed by atoms with Crippen LogP contribution in [-0.2, 0) is 9.53 Å². The molecule has 2 fully saturated rings.